The second-order valence-corrected chi connectivity index (χ2v) is 6.66. The molecule has 154 valence electrons. The Bertz CT molecular complexity index is 662. The smallest absolute Gasteiger partial charge is 0.251 e. The van der Waals surface area contributed by atoms with Gasteiger partial charge in [0.05, 0.1) is 32.5 Å². The lowest BCUT2D eigenvalue weighted by Gasteiger charge is -2.23. The molecule has 0 aliphatic carbocycles. The van der Waals surface area contributed by atoms with E-state index in [-0.39, 0.29) is 12.5 Å². The largest absolute Gasteiger partial charge is 0.381 e. The predicted molar refractivity (Wildman–Crippen MR) is 106 cm³/mol. The summed E-state index contributed by atoms with van der Waals surface area (Å²) in [5.74, 6) is -0.826. The monoisotopic (exact) mass is 390 g/mol. The minimum atomic E-state index is -1.34. The molecule has 2 amide bonds. The summed E-state index contributed by atoms with van der Waals surface area (Å²) in [6, 6.07) is 6.39. The van der Waals surface area contributed by atoms with Crippen LogP contribution >= 0.6 is 0 Å². The van der Waals surface area contributed by atoms with Crippen molar-refractivity contribution in [1.29, 1.82) is 0 Å². The summed E-state index contributed by atoms with van der Waals surface area (Å²) in [4.78, 5) is 25.1. The van der Waals surface area contributed by atoms with Gasteiger partial charge in [-0.1, -0.05) is 43.7 Å². The van der Waals surface area contributed by atoms with Crippen molar-refractivity contribution in [1.82, 2.24) is 10.6 Å². The Balaban J connectivity index is 2.15. The Labute approximate surface area is 166 Å². The van der Waals surface area contributed by atoms with Gasteiger partial charge in [0.1, 0.15) is 0 Å². The van der Waals surface area contributed by atoms with Crippen LogP contribution in [0.1, 0.15) is 42.1 Å². The Hall–Kier alpha value is -2.22. The number of carbonyl (C=O) groups excluding carboxylic acids is 2. The minimum absolute atomic E-state index is 0.285. The van der Waals surface area contributed by atoms with Gasteiger partial charge in [0.2, 0.25) is 0 Å². The molecule has 0 radical (unpaired) electrons. The maximum absolute atomic E-state index is 12.8. The minimum Gasteiger partial charge on any atom is -0.381 e. The zero-order valence-corrected chi connectivity index (χ0v) is 16.4. The van der Waals surface area contributed by atoms with Gasteiger partial charge in [-0.15, -0.1) is 0 Å². The van der Waals surface area contributed by atoms with Crippen LogP contribution < -0.4 is 10.6 Å². The van der Waals surface area contributed by atoms with Crippen molar-refractivity contribution in [2.75, 3.05) is 26.4 Å². The third-order valence-electron chi connectivity index (χ3n) is 4.46. The molecule has 1 aromatic rings. The Morgan fingerprint density at radius 2 is 2.07 bits per heavy atom. The number of unbranched alkanes of at least 4 members (excludes halogenated alkanes) is 1. The zero-order chi connectivity index (χ0) is 20.2. The molecule has 0 bridgehead atoms. The van der Waals surface area contributed by atoms with Gasteiger partial charge in [-0.3, -0.25) is 9.59 Å². The van der Waals surface area contributed by atoms with E-state index in [2.05, 4.69) is 10.6 Å². The normalized spacial score (nSPS) is 20.9. The van der Waals surface area contributed by atoms with Crippen LogP contribution in [-0.2, 0) is 20.9 Å². The van der Waals surface area contributed by atoms with E-state index >= 15 is 0 Å². The summed E-state index contributed by atoms with van der Waals surface area (Å²) >= 11 is 0. The summed E-state index contributed by atoms with van der Waals surface area (Å²) in [5.41, 5.74) is 1.21. The fraction of sp³-hybridized carbons (Fsp3) is 0.524. The van der Waals surface area contributed by atoms with E-state index in [0.29, 0.717) is 38.3 Å². The molecule has 2 rings (SSSR count). The molecule has 0 saturated heterocycles. The van der Waals surface area contributed by atoms with E-state index in [1.807, 2.05) is 19.1 Å². The van der Waals surface area contributed by atoms with Crippen molar-refractivity contribution < 1.29 is 24.2 Å². The van der Waals surface area contributed by atoms with Crippen LogP contribution in [0, 0.1) is 0 Å². The number of aliphatic hydroxyl groups excluding tert-OH is 1. The number of carbonyl (C=O) groups is 2. The van der Waals surface area contributed by atoms with Crippen LogP contribution in [0.5, 0.6) is 0 Å². The van der Waals surface area contributed by atoms with Crippen LogP contribution in [0.25, 0.3) is 0 Å². The standard InChI is InChI=1S/C21H30N2O5/c1-2-3-11-22-21(26)19(24)18-10-6-7-12-27-13-14-28-15-16-8-4-5-9-17(16)20(25)23-18/h4-9,18-19,24H,2-3,10-15H2,1H3,(H,22,26)(H,23,25)/b7-6-. The SMILES string of the molecule is CCCCNC(=O)C(O)C1C/C=C\COCCOCc2ccccc2C(=O)N1. The molecule has 1 aliphatic heterocycles. The number of benzene rings is 1. The third-order valence-corrected chi connectivity index (χ3v) is 4.46. The molecule has 0 saturated carbocycles. The van der Waals surface area contributed by atoms with Gasteiger partial charge >= 0.3 is 0 Å². The quantitative estimate of drug-likeness (QED) is 0.524. The number of rotatable bonds is 5. The highest BCUT2D eigenvalue weighted by Gasteiger charge is 2.27. The van der Waals surface area contributed by atoms with Crippen LogP contribution in [0.4, 0.5) is 0 Å². The lowest BCUT2D eigenvalue weighted by molar-refractivity contribution is -0.130. The average Bonchev–Trinajstić information content (AvgIpc) is 2.71. The Morgan fingerprint density at radius 3 is 2.89 bits per heavy atom. The molecule has 3 N–H and O–H groups in total. The first-order chi connectivity index (χ1) is 13.6. The van der Waals surface area contributed by atoms with Crippen molar-refractivity contribution >= 4 is 11.8 Å². The number of fused-ring (bicyclic) bond motifs is 1. The first-order valence-corrected chi connectivity index (χ1v) is 9.78. The Kier molecular flexibility index (Phi) is 9.68. The lowest BCUT2D eigenvalue weighted by Crippen LogP contribution is -2.50. The van der Waals surface area contributed by atoms with Gasteiger partial charge in [-0.05, 0) is 24.5 Å². The van der Waals surface area contributed by atoms with E-state index in [1.165, 1.54) is 0 Å². The zero-order valence-electron chi connectivity index (χ0n) is 16.4. The highest BCUT2D eigenvalue weighted by Crippen LogP contribution is 2.12. The van der Waals surface area contributed by atoms with Crippen molar-refractivity contribution in [2.45, 2.75) is 44.9 Å². The average molecular weight is 390 g/mol. The molecule has 28 heavy (non-hydrogen) atoms. The second-order valence-electron chi connectivity index (χ2n) is 6.66. The number of hydrogen-bond acceptors (Lipinski definition) is 5. The third kappa shape index (κ3) is 7.07. The molecule has 1 aromatic carbocycles. The van der Waals surface area contributed by atoms with Crippen LogP contribution in [-0.4, -0.2) is 55.4 Å². The summed E-state index contributed by atoms with van der Waals surface area (Å²) in [7, 11) is 0. The molecule has 0 aromatic heterocycles. The van der Waals surface area contributed by atoms with Crippen molar-refractivity contribution in [2.24, 2.45) is 0 Å². The number of hydrogen-bond donors (Lipinski definition) is 3. The van der Waals surface area contributed by atoms with E-state index in [9.17, 15) is 14.7 Å². The molecule has 0 fully saturated rings. The highest BCUT2D eigenvalue weighted by molar-refractivity contribution is 5.96. The van der Waals surface area contributed by atoms with E-state index in [1.54, 1.807) is 24.3 Å². The number of ether oxygens (including phenoxy) is 2. The van der Waals surface area contributed by atoms with Crippen LogP contribution in [0.3, 0.4) is 0 Å². The molecular weight excluding hydrogens is 360 g/mol. The molecular formula is C21H30N2O5. The van der Waals surface area contributed by atoms with Gasteiger partial charge < -0.3 is 25.2 Å². The summed E-state index contributed by atoms with van der Waals surface area (Å²) in [5, 5.41) is 16.0. The van der Waals surface area contributed by atoms with Gasteiger partial charge in [-0.25, -0.2) is 0 Å². The number of aliphatic hydroxyl groups is 1. The van der Waals surface area contributed by atoms with Crippen molar-refractivity contribution in [3.8, 4) is 0 Å². The second kappa shape index (κ2) is 12.3. The number of amides is 2. The van der Waals surface area contributed by atoms with E-state index in [4.69, 9.17) is 9.47 Å². The maximum atomic E-state index is 12.8. The topological polar surface area (TPSA) is 96.9 Å². The molecule has 7 heteroatoms. The van der Waals surface area contributed by atoms with Crippen LogP contribution in [0.2, 0.25) is 0 Å². The summed E-state index contributed by atoms with van der Waals surface area (Å²) in [6.45, 7) is 4.09. The fourth-order valence-corrected chi connectivity index (χ4v) is 2.82. The Morgan fingerprint density at radius 1 is 1.29 bits per heavy atom. The fourth-order valence-electron chi connectivity index (χ4n) is 2.82. The first kappa shape index (κ1) is 22.1. The molecule has 0 spiro atoms. The predicted octanol–water partition coefficient (Wildman–Crippen LogP) is 1.56. The van der Waals surface area contributed by atoms with E-state index < -0.39 is 18.1 Å². The van der Waals surface area contributed by atoms with Gasteiger partial charge in [0, 0.05) is 12.1 Å². The maximum Gasteiger partial charge on any atom is 0.251 e. The summed E-state index contributed by atoms with van der Waals surface area (Å²) < 4.78 is 11.0. The summed E-state index contributed by atoms with van der Waals surface area (Å²) in [6.07, 6.45) is 4.35. The van der Waals surface area contributed by atoms with Crippen LogP contribution in [0.15, 0.2) is 36.4 Å². The van der Waals surface area contributed by atoms with Crippen molar-refractivity contribution in [3.05, 3.63) is 47.5 Å². The first-order valence-electron chi connectivity index (χ1n) is 9.78. The van der Waals surface area contributed by atoms with Gasteiger partial charge in [0.25, 0.3) is 11.8 Å². The number of nitrogens with one attached hydrogen (secondary N) is 2. The molecule has 1 aliphatic rings. The molecule has 7 nitrogen and oxygen atoms in total. The van der Waals surface area contributed by atoms with Gasteiger partial charge in [0.15, 0.2) is 6.10 Å². The highest BCUT2D eigenvalue weighted by atomic mass is 16.5. The van der Waals surface area contributed by atoms with Crippen molar-refractivity contribution in [3.63, 3.8) is 0 Å². The van der Waals surface area contributed by atoms with Gasteiger partial charge in [-0.2, -0.15) is 0 Å². The molecule has 2 unspecified atom stereocenters. The molecule has 1 heterocycles. The van der Waals surface area contributed by atoms with E-state index in [0.717, 1.165) is 18.4 Å². The lowest BCUT2D eigenvalue weighted by atomic mass is 10.0. The molecule has 2 atom stereocenters.